The van der Waals surface area contributed by atoms with Crippen LogP contribution in [0.2, 0.25) is 0 Å². The van der Waals surface area contributed by atoms with Gasteiger partial charge in [0.05, 0.1) is 24.2 Å². The van der Waals surface area contributed by atoms with Gasteiger partial charge in [-0.3, -0.25) is 4.90 Å². The van der Waals surface area contributed by atoms with Crippen LogP contribution < -0.4 is 10.9 Å². The topological polar surface area (TPSA) is 74.9 Å². The SMILES string of the molecule is Cl.Cl.O=c1oc2c(CNCCCN3CCOCC3)c(O)ccc2c2ccccc12. The molecule has 4 rings (SSSR count). The molecular weight excluding hydrogens is 415 g/mol. The first kappa shape index (κ1) is 23.4. The van der Waals surface area contributed by atoms with Crippen LogP contribution in [-0.4, -0.2) is 49.4 Å². The monoisotopic (exact) mass is 440 g/mol. The van der Waals surface area contributed by atoms with Gasteiger partial charge in [0.1, 0.15) is 11.3 Å². The van der Waals surface area contributed by atoms with Crippen LogP contribution in [0.1, 0.15) is 12.0 Å². The van der Waals surface area contributed by atoms with Crippen molar-refractivity contribution >= 4 is 46.6 Å². The van der Waals surface area contributed by atoms with E-state index < -0.39 is 0 Å². The van der Waals surface area contributed by atoms with E-state index in [1.54, 1.807) is 18.2 Å². The van der Waals surface area contributed by atoms with Crippen molar-refractivity contribution in [2.45, 2.75) is 13.0 Å². The Balaban J connectivity index is 0.00000150. The first-order valence-electron chi connectivity index (χ1n) is 9.41. The van der Waals surface area contributed by atoms with Gasteiger partial charge in [-0.05, 0) is 43.1 Å². The van der Waals surface area contributed by atoms with Gasteiger partial charge in [-0.1, -0.05) is 18.2 Å². The van der Waals surface area contributed by atoms with Crippen LogP contribution in [0.25, 0.3) is 21.7 Å². The van der Waals surface area contributed by atoms with Gasteiger partial charge in [0.15, 0.2) is 0 Å². The average Bonchev–Trinajstić information content (AvgIpc) is 2.70. The van der Waals surface area contributed by atoms with E-state index in [-0.39, 0.29) is 36.2 Å². The lowest BCUT2D eigenvalue weighted by Crippen LogP contribution is -2.37. The highest BCUT2D eigenvalue weighted by Gasteiger charge is 2.14. The Labute approximate surface area is 181 Å². The molecule has 1 fully saturated rings. The lowest BCUT2D eigenvalue weighted by molar-refractivity contribution is 0.0374. The van der Waals surface area contributed by atoms with Crippen LogP contribution in [-0.2, 0) is 11.3 Å². The van der Waals surface area contributed by atoms with Gasteiger partial charge < -0.3 is 19.6 Å². The fourth-order valence-corrected chi connectivity index (χ4v) is 3.63. The maximum Gasteiger partial charge on any atom is 0.344 e. The standard InChI is InChI=1S/C21H24N2O4.2ClH/c24-19-7-6-16-15-4-1-2-5-17(15)21(25)27-20(16)18(19)14-22-8-3-9-23-10-12-26-13-11-23;;/h1-2,4-7,22,24H,3,8-14H2;2*1H. The van der Waals surface area contributed by atoms with E-state index in [0.717, 1.165) is 56.6 Å². The van der Waals surface area contributed by atoms with E-state index in [4.69, 9.17) is 9.15 Å². The van der Waals surface area contributed by atoms with Crippen molar-refractivity contribution in [2.24, 2.45) is 0 Å². The van der Waals surface area contributed by atoms with E-state index in [9.17, 15) is 9.90 Å². The Bertz CT molecular complexity index is 1000. The minimum atomic E-state index is -0.378. The number of phenols is 1. The predicted molar refractivity (Wildman–Crippen MR) is 120 cm³/mol. The number of ether oxygens (including phenoxy) is 1. The van der Waals surface area contributed by atoms with Gasteiger partial charge in [-0.15, -0.1) is 24.8 Å². The molecule has 0 bridgehead atoms. The van der Waals surface area contributed by atoms with Crippen LogP contribution in [0.3, 0.4) is 0 Å². The maximum atomic E-state index is 12.3. The number of fused-ring (bicyclic) bond motifs is 3. The summed E-state index contributed by atoms with van der Waals surface area (Å²) in [5.41, 5.74) is 0.707. The number of halogens is 2. The molecule has 0 atom stereocenters. The highest BCUT2D eigenvalue weighted by molar-refractivity contribution is 6.05. The molecular formula is C21H26Cl2N2O4. The second-order valence-electron chi connectivity index (χ2n) is 6.86. The van der Waals surface area contributed by atoms with E-state index in [0.29, 0.717) is 23.1 Å². The summed E-state index contributed by atoms with van der Waals surface area (Å²) in [5, 5.41) is 15.9. The predicted octanol–water partition coefficient (Wildman–Crippen LogP) is 3.31. The molecule has 1 aliphatic rings. The number of hydrogen-bond donors (Lipinski definition) is 2. The second-order valence-corrected chi connectivity index (χ2v) is 6.86. The summed E-state index contributed by atoms with van der Waals surface area (Å²) >= 11 is 0. The summed E-state index contributed by atoms with van der Waals surface area (Å²) in [6.45, 7) is 5.90. The normalized spacial score (nSPS) is 14.5. The third-order valence-corrected chi connectivity index (χ3v) is 5.10. The van der Waals surface area contributed by atoms with Crippen molar-refractivity contribution < 1.29 is 14.3 Å². The van der Waals surface area contributed by atoms with Crippen LogP contribution in [0.4, 0.5) is 0 Å². The lowest BCUT2D eigenvalue weighted by Gasteiger charge is -2.26. The van der Waals surface area contributed by atoms with Gasteiger partial charge >= 0.3 is 5.63 Å². The molecule has 2 N–H and O–H groups in total. The molecule has 2 aromatic carbocycles. The zero-order chi connectivity index (χ0) is 18.6. The minimum absolute atomic E-state index is 0. The van der Waals surface area contributed by atoms with Crippen LogP contribution in [0.15, 0.2) is 45.6 Å². The Hall–Kier alpha value is -1.83. The maximum absolute atomic E-state index is 12.3. The Kier molecular flexibility index (Phi) is 8.74. The smallest absolute Gasteiger partial charge is 0.344 e. The fourth-order valence-electron chi connectivity index (χ4n) is 3.63. The number of hydrogen-bond acceptors (Lipinski definition) is 6. The van der Waals surface area contributed by atoms with Gasteiger partial charge in [-0.2, -0.15) is 0 Å². The summed E-state index contributed by atoms with van der Waals surface area (Å²) in [6.07, 6.45) is 1.01. The van der Waals surface area contributed by atoms with Crippen molar-refractivity contribution in [3.63, 3.8) is 0 Å². The van der Waals surface area contributed by atoms with E-state index in [1.807, 2.05) is 18.2 Å². The van der Waals surface area contributed by atoms with Crippen molar-refractivity contribution in [1.82, 2.24) is 10.2 Å². The molecule has 0 aliphatic carbocycles. The molecule has 8 heteroatoms. The van der Waals surface area contributed by atoms with Crippen molar-refractivity contribution in [1.29, 1.82) is 0 Å². The number of nitrogens with zero attached hydrogens (tertiary/aromatic N) is 1. The van der Waals surface area contributed by atoms with Gasteiger partial charge in [0, 0.05) is 25.0 Å². The Morgan fingerprint density at radius 1 is 1.00 bits per heavy atom. The van der Waals surface area contributed by atoms with E-state index >= 15 is 0 Å². The van der Waals surface area contributed by atoms with Crippen molar-refractivity contribution in [3.05, 3.63) is 52.4 Å². The molecule has 0 unspecified atom stereocenters. The molecule has 3 aromatic rings. The first-order valence-corrected chi connectivity index (χ1v) is 9.41. The van der Waals surface area contributed by atoms with E-state index in [1.165, 1.54) is 0 Å². The van der Waals surface area contributed by atoms with Gasteiger partial charge in [-0.25, -0.2) is 4.79 Å². The number of aromatic hydroxyl groups is 1. The van der Waals surface area contributed by atoms with Crippen LogP contribution >= 0.6 is 24.8 Å². The fraction of sp³-hybridized carbons (Fsp3) is 0.381. The average molecular weight is 441 g/mol. The third-order valence-electron chi connectivity index (χ3n) is 5.10. The molecule has 1 aliphatic heterocycles. The van der Waals surface area contributed by atoms with Crippen molar-refractivity contribution in [3.8, 4) is 5.75 Å². The van der Waals surface area contributed by atoms with Crippen LogP contribution in [0, 0.1) is 0 Å². The Morgan fingerprint density at radius 2 is 1.72 bits per heavy atom. The molecule has 0 saturated carbocycles. The van der Waals surface area contributed by atoms with E-state index in [2.05, 4.69) is 10.2 Å². The number of phenolic OH excluding ortho intramolecular Hbond substituents is 1. The Morgan fingerprint density at radius 3 is 2.48 bits per heavy atom. The molecule has 6 nitrogen and oxygen atoms in total. The van der Waals surface area contributed by atoms with Crippen molar-refractivity contribution in [2.75, 3.05) is 39.4 Å². The summed E-state index contributed by atoms with van der Waals surface area (Å²) < 4.78 is 10.9. The molecule has 158 valence electrons. The quantitative estimate of drug-likeness (QED) is 0.347. The molecule has 0 spiro atoms. The molecule has 1 aromatic heterocycles. The second kappa shape index (κ2) is 10.8. The molecule has 0 amide bonds. The summed E-state index contributed by atoms with van der Waals surface area (Å²) in [7, 11) is 0. The highest BCUT2D eigenvalue weighted by Crippen LogP contribution is 2.30. The third kappa shape index (κ3) is 5.21. The summed E-state index contributed by atoms with van der Waals surface area (Å²) in [5.74, 6) is 0.140. The largest absolute Gasteiger partial charge is 0.507 e. The molecule has 1 saturated heterocycles. The van der Waals surface area contributed by atoms with Crippen LogP contribution in [0.5, 0.6) is 5.75 Å². The number of morpholine rings is 1. The van der Waals surface area contributed by atoms with Gasteiger partial charge in [0.25, 0.3) is 0 Å². The van der Waals surface area contributed by atoms with Gasteiger partial charge in [0.2, 0.25) is 0 Å². The number of benzene rings is 2. The number of rotatable bonds is 6. The lowest BCUT2D eigenvalue weighted by atomic mass is 10.0. The molecule has 2 heterocycles. The highest BCUT2D eigenvalue weighted by atomic mass is 35.5. The minimum Gasteiger partial charge on any atom is -0.507 e. The zero-order valence-electron chi connectivity index (χ0n) is 16.1. The number of nitrogens with one attached hydrogen (secondary N) is 1. The summed E-state index contributed by atoms with van der Waals surface area (Å²) in [6, 6.07) is 10.9. The summed E-state index contributed by atoms with van der Waals surface area (Å²) in [4.78, 5) is 14.7. The molecule has 0 radical (unpaired) electrons. The molecule has 29 heavy (non-hydrogen) atoms. The first-order chi connectivity index (χ1) is 13.2. The zero-order valence-corrected chi connectivity index (χ0v) is 17.7.